The third-order valence-electron chi connectivity index (χ3n) is 3.43. The second kappa shape index (κ2) is 8.29. The van der Waals surface area contributed by atoms with Crippen LogP contribution in [-0.4, -0.2) is 31.7 Å². The number of hydrogen-bond acceptors (Lipinski definition) is 3. The number of carbonyl (C=O) groups excluding carboxylic acids is 1. The van der Waals surface area contributed by atoms with Crippen LogP contribution in [0, 0.1) is 5.92 Å². The van der Waals surface area contributed by atoms with E-state index in [0.29, 0.717) is 31.1 Å². The van der Waals surface area contributed by atoms with Crippen molar-refractivity contribution in [3.05, 3.63) is 24.3 Å². The van der Waals surface area contributed by atoms with Gasteiger partial charge in [-0.2, -0.15) is 4.31 Å². The molecule has 0 unspecified atom stereocenters. The summed E-state index contributed by atoms with van der Waals surface area (Å²) in [5, 5.41) is 2.79. The van der Waals surface area contributed by atoms with Crippen LogP contribution >= 0.6 is 0 Å². The molecule has 0 bridgehead atoms. The molecule has 0 atom stereocenters. The third-order valence-corrected chi connectivity index (χ3v) is 5.49. The van der Waals surface area contributed by atoms with Crippen LogP contribution in [-0.2, 0) is 14.8 Å². The molecular weight excluding hydrogens is 300 g/mol. The fourth-order valence-electron chi connectivity index (χ4n) is 2.07. The van der Waals surface area contributed by atoms with Crippen LogP contribution in [0.5, 0.6) is 0 Å². The molecule has 0 saturated heterocycles. The minimum absolute atomic E-state index is 0.0481. The van der Waals surface area contributed by atoms with Crippen LogP contribution in [0.15, 0.2) is 29.2 Å². The predicted molar refractivity (Wildman–Crippen MR) is 89.3 cm³/mol. The van der Waals surface area contributed by atoms with E-state index in [4.69, 9.17) is 0 Å². The van der Waals surface area contributed by atoms with Crippen molar-refractivity contribution in [1.82, 2.24) is 4.31 Å². The van der Waals surface area contributed by atoms with E-state index in [1.807, 2.05) is 13.8 Å². The summed E-state index contributed by atoms with van der Waals surface area (Å²) in [5.74, 6) is 0.431. The second-order valence-corrected chi connectivity index (χ2v) is 7.53. The number of hydrogen-bond donors (Lipinski definition) is 1. The van der Waals surface area contributed by atoms with Crippen molar-refractivity contribution in [3.63, 3.8) is 0 Å². The van der Waals surface area contributed by atoms with Crippen LogP contribution < -0.4 is 5.32 Å². The molecular formula is C16H26N2O3S. The number of anilines is 1. The molecule has 1 aromatic rings. The van der Waals surface area contributed by atoms with Crippen molar-refractivity contribution in [2.45, 2.75) is 45.4 Å². The Morgan fingerprint density at radius 2 is 1.68 bits per heavy atom. The van der Waals surface area contributed by atoms with Gasteiger partial charge in [0.15, 0.2) is 0 Å². The molecule has 0 aliphatic heterocycles. The normalized spacial score (nSPS) is 11.9. The smallest absolute Gasteiger partial charge is 0.243 e. The molecule has 1 aromatic carbocycles. The second-order valence-electron chi connectivity index (χ2n) is 5.59. The highest BCUT2D eigenvalue weighted by Gasteiger charge is 2.21. The van der Waals surface area contributed by atoms with Crippen LogP contribution in [0.3, 0.4) is 0 Å². The van der Waals surface area contributed by atoms with Gasteiger partial charge in [-0.05, 0) is 36.6 Å². The molecule has 0 radical (unpaired) electrons. The van der Waals surface area contributed by atoms with Gasteiger partial charge in [0.05, 0.1) is 4.90 Å². The van der Waals surface area contributed by atoms with E-state index in [1.54, 1.807) is 12.1 Å². The molecule has 0 heterocycles. The molecule has 6 heteroatoms. The summed E-state index contributed by atoms with van der Waals surface area (Å²) in [4.78, 5) is 12.0. The van der Waals surface area contributed by atoms with E-state index in [0.717, 1.165) is 6.42 Å². The quantitative estimate of drug-likeness (QED) is 0.798. The van der Waals surface area contributed by atoms with Crippen molar-refractivity contribution in [1.29, 1.82) is 0 Å². The van der Waals surface area contributed by atoms with Crippen molar-refractivity contribution in [3.8, 4) is 0 Å². The lowest BCUT2D eigenvalue weighted by Gasteiger charge is -2.18. The predicted octanol–water partition coefficient (Wildman–Crippen LogP) is 3.09. The molecule has 22 heavy (non-hydrogen) atoms. The van der Waals surface area contributed by atoms with Crippen molar-refractivity contribution in [2.75, 3.05) is 18.4 Å². The Bertz CT molecular complexity index is 576. The van der Waals surface area contributed by atoms with E-state index in [2.05, 4.69) is 19.2 Å². The summed E-state index contributed by atoms with van der Waals surface area (Å²) in [6.45, 7) is 8.63. The maximum Gasteiger partial charge on any atom is 0.243 e. The molecule has 0 saturated carbocycles. The number of benzene rings is 1. The molecule has 0 aromatic heterocycles. The lowest BCUT2D eigenvalue weighted by atomic mass is 10.1. The Labute approximate surface area is 133 Å². The Morgan fingerprint density at radius 3 is 2.14 bits per heavy atom. The molecule has 1 amide bonds. The van der Waals surface area contributed by atoms with Crippen LogP contribution in [0.4, 0.5) is 5.69 Å². The van der Waals surface area contributed by atoms with Crippen molar-refractivity contribution < 1.29 is 13.2 Å². The van der Waals surface area contributed by atoms with Crippen molar-refractivity contribution in [2.24, 2.45) is 5.92 Å². The summed E-state index contributed by atoms with van der Waals surface area (Å²) >= 11 is 0. The minimum Gasteiger partial charge on any atom is -0.326 e. The highest BCUT2D eigenvalue weighted by Crippen LogP contribution is 2.18. The first kappa shape index (κ1) is 18.6. The molecule has 0 fully saturated rings. The zero-order valence-corrected chi connectivity index (χ0v) is 14.6. The average molecular weight is 326 g/mol. The van der Waals surface area contributed by atoms with Gasteiger partial charge in [0.25, 0.3) is 0 Å². The summed E-state index contributed by atoms with van der Waals surface area (Å²) in [7, 11) is -3.45. The van der Waals surface area contributed by atoms with Crippen LogP contribution in [0.25, 0.3) is 0 Å². The maximum absolute atomic E-state index is 12.3. The van der Waals surface area contributed by atoms with Gasteiger partial charge < -0.3 is 5.32 Å². The first-order valence-electron chi connectivity index (χ1n) is 7.71. The van der Waals surface area contributed by atoms with Gasteiger partial charge in [-0.3, -0.25) is 4.79 Å². The summed E-state index contributed by atoms with van der Waals surface area (Å²) in [6, 6.07) is 6.32. The minimum atomic E-state index is -3.45. The molecule has 1 rings (SSSR count). The van der Waals surface area contributed by atoms with Crippen LogP contribution in [0.2, 0.25) is 0 Å². The molecule has 124 valence electrons. The highest BCUT2D eigenvalue weighted by molar-refractivity contribution is 7.89. The van der Waals surface area contributed by atoms with Gasteiger partial charge in [0, 0.05) is 25.2 Å². The number of nitrogens with one attached hydrogen (secondary N) is 1. The van der Waals surface area contributed by atoms with E-state index in [1.165, 1.54) is 16.4 Å². The topological polar surface area (TPSA) is 66.5 Å². The van der Waals surface area contributed by atoms with Crippen molar-refractivity contribution >= 4 is 21.6 Å². The zero-order chi connectivity index (χ0) is 16.8. The maximum atomic E-state index is 12.3. The molecule has 1 N–H and O–H groups in total. The number of amides is 1. The monoisotopic (exact) mass is 326 g/mol. The van der Waals surface area contributed by atoms with E-state index in [-0.39, 0.29) is 10.8 Å². The molecule has 0 aliphatic rings. The van der Waals surface area contributed by atoms with Crippen LogP contribution in [0.1, 0.15) is 40.5 Å². The number of carbonyl (C=O) groups is 1. The third kappa shape index (κ3) is 5.10. The zero-order valence-electron chi connectivity index (χ0n) is 13.8. The first-order valence-corrected chi connectivity index (χ1v) is 9.15. The summed E-state index contributed by atoms with van der Waals surface area (Å²) in [6.07, 6.45) is 1.30. The SMILES string of the molecule is CCN(CC)S(=O)(=O)c1ccc(NC(=O)CCC(C)C)cc1. The molecule has 0 aliphatic carbocycles. The average Bonchev–Trinajstić information content (AvgIpc) is 2.46. The van der Waals surface area contributed by atoms with E-state index in [9.17, 15) is 13.2 Å². The Balaban J connectivity index is 2.77. The van der Waals surface area contributed by atoms with Gasteiger partial charge >= 0.3 is 0 Å². The molecule has 5 nitrogen and oxygen atoms in total. The van der Waals surface area contributed by atoms with Gasteiger partial charge in [-0.1, -0.05) is 27.7 Å². The number of rotatable bonds is 8. The largest absolute Gasteiger partial charge is 0.326 e. The fraction of sp³-hybridized carbons (Fsp3) is 0.562. The first-order chi connectivity index (χ1) is 10.3. The van der Waals surface area contributed by atoms with Gasteiger partial charge in [-0.25, -0.2) is 8.42 Å². The van der Waals surface area contributed by atoms with E-state index >= 15 is 0 Å². The fourth-order valence-corrected chi connectivity index (χ4v) is 3.52. The summed E-state index contributed by atoms with van der Waals surface area (Å²) < 4.78 is 26.1. The summed E-state index contributed by atoms with van der Waals surface area (Å²) in [5.41, 5.74) is 0.618. The number of sulfonamides is 1. The Kier molecular flexibility index (Phi) is 7.03. The Morgan fingerprint density at radius 1 is 1.14 bits per heavy atom. The van der Waals surface area contributed by atoms with Gasteiger partial charge in [0.1, 0.15) is 0 Å². The van der Waals surface area contributed by atoms with E-state index < -0.39 is 10.0 Å². The lowest BCUT2D eigenvalue weighted by Crippen LogP contribution is -2.30. The van der Waals surface area contributed by atoms with Gasteiger partial charge in [0.2, 0.25) is 15.9 Å². The molecule has 0 spiro atoms. The van der Waals surface area contributed by atoms with Gasteiger partial charge in [-0.15, -0.1) is 0 Å². The highest BCUT2D eigenvalue weighted by atomic mass is 32.2. The Hall–Kier alpha value is -1.40. The number of nitrogens with zero attached hydrogens (tertiary/aromatic N) is 1. The lowest BCUT2D eigenvalue weighted by molar-refractivity contribution is -0.116. The standard InChI is InChI=1S/C16H26N2O3S/c1-5-18(6-2)22(20,21)15-10-8-14(9-11-15)17-16(19)12-7-13(3)4/h8-11,13H,5-7,12H2,1-4H3,(H,17,19).